The van der Waals surface area contributed by atoms with Crippen molar-refractivity contribution in [1.29, 1.82) is 0 Å². The molecule has 2 amide bonds. The van der Waals surface area contributed by atoms with Crippen LogP contribution < -0.4 is 10.6 Å². The molecule has 2 aromatic rings. The van der Waals surface area contributed by atoms with Gasteiger partial charge in [-0.3, -0.25) is 0 Å². The van der Waals surface area contributed by atoms with E-state index in [1.54, 1.807) is 24.3 Å². The predicted octanol–water partition coefficient (Wildman–Crippen LogP) is 2.30. The molecule has 1 aliphatic heterocycles. The van der Waals surface area contributed by atoms with E-state index in [9.17, 15) is 13.2 Å². The lowest BCUT2D eigenvalue weighted by molar-refractivity contribution is 0.242. The number of amides is 2. The molecule has 1 atom stereocenters. The Kier molecular flexibility index (Phi) is 3.60. The maximum absolute atomic E-state index is 12.1. The van der Waals surface area contributed by atoms with Gasteiger partial charge in [-0.15, -0.1) is 11.3 Å². The van der Waals surface area contributed by atoms with E-state index >= 15 is 0 Å². The molecule has 22 heavy (non-hydrogen) atoms. The molecule has 2 N–H and O–H groups in total. The molecule has 1 aromatic carbocycles. The highest BCUT2D eigenvalue weighted by Crippen LogP contribution is 2.25. The molecule has 0 saturated carbocycles. The molecule has 6 nitrogen and oxygen atoms in total. The Morgan fingerprint density at radius 3 is 2.86 bits per heavy atom. The predicted molar refractivity (Wildman–Crippen MR) is 88.2 cm³/mol. The number of fused-ring (bicyclic) bond motifs is 1. The topological polar surface area (TPSA) is 88.2 Å². The Labute approximate surface area is 132 Å². The third-order valence-electron chi connectivity index (χ3n) is 3.67. The molecular formula is C14H17N3O3S2. The van der Waals surface area contributed by atoms with Crippen LogP contribution in [0.15, 0.2) is 18.2 Å². The number of aryl methyl sites for hydroxylation is 1. The van der Waals surface area contributed by atoms with Crippen LogP contribution in [-0.2, 0) is 9.84 Å². The van der Waals surface area contributed by atoms with Gasteiger partial charge >= 0.3 is 6.03 Å². The summed E-state index contributed by atoms with van der Waals surface area (Å²) in [5, 5.41) is 6.50. The first-order chi connectivity index (χ1) is 10.2. The molecule has 0 radical (unpaired) electrons. The molecule has 0 aliphatic carbocycles. The molecule has 0 bridgehead atoms. The zero-order chi connectivity index (χ0) is 16.0. The summed E-state index contributed by atoms with van der Waals surface area (Å²) in [7, 11) is -3.05. The summed E-state index contributed by atoms with van der Waals surface area (Å²) in [6, 6.07) is 5.12. The highest BCUT2D eigenvalue weighted by Gasteiger charge is 2.39. The van der Waals surface area contributed by atoms with Crippen LogP contribution >= 0.6 is 11.3 Å². The Morgan fingerprint density at radius 1 is 1.41 bits per heavy atom. The van der Waals surface area contributed by atoms with Gasteiger partial charge in [-0.1, -0.05) is 0 Å². The van der Waals surface area contributed by atoms with Crippen LogP contribution in [0.5, 0.6) is 0 Å². The quantitative estimate of drug-likeness (QED) is 0.879. The molecule has 1 aliphatic rings. The average molecular weight is 339 g/mol. The normalized spacial score (nSPS) is 23.5. The van der Waals surface area contributed by atoms with Crippen molar-refractivity contribution < 1.29 is 13.2 Å². The summed E-state index contributed by atoms with van der Waals surface area (Å²) in [4.78, 5) is 16.5. The number of carbonyl (C=O) groups excluding carboxylic acids is 1. The number of nitrogens with zero attached hydrogens (tertiary/aromatic N) is 1. The first-order valence-electron chi connectivity index (χ1n) is 6.92. The molecule has 1 fully saturated rings. The van der Waals surface area contributed by atoms with Gasteiger partial charge in [0, 0.05) is 5.69 Å². The first-order valence-corrected chi connectivity index (χ1v) is 9.55. The van der Waals surface area contributed by atoms with Gasteiger partial charge in [0.05, 0.1) is 32.3 Å². The van der Waals surface area contributed by atoms with E-state index < -0.39 is 15.4 Å². The third-order valence-corrected chi connectivity index (χ3v) is 6.51. The van der Waals surface area contributed by atoms with E-state index in [0.29, 0.717) is 12.1 Å². The standard InChI is InChI=1S/C14H17N3O3S2/c1-9-15-11-4-3-10(7-12(11)21-9)16-13(18)17-14(2)5-6-22(19,20)8-14/h3-4,7H,5-6,8H2,1-2H3,(H2,16,17,18)/t14-/m1/s1. The number of hydrogen-bond acceptors (Lipinski definition) is 5. The van der Waals surface area contributed by atoms with Gasteiger partial charge in [0.15, 0.2) is 9.84 Å². The monoisotopic (exact) mass is 339 g/mol. The summed E-state index contributed by atoms with van der Waals surface area (Å²) >= 11 is 1.56. The highest BCUT2D eigenvalue weighted by atomic mass is 32.2. The molecule has 2 heterocycles. The fraction of sp³-hybridized carbons (Fsp3) is 0.429. The van der Waals surface area contributed by atoms with E-state index in [1.165, 1.54) is 0 Å². The van der Waals surface area contributed by atoms with Gasteiger partial charge < -0.3 is 10.6 Å². The smallest absolute Gasteiger partial charge is 0.319 e. The van der Waals surface area contributed by atoms with Crippen LogP contribution in [0, 0.1) is 6.92 Å². The molecule has 1 aromatic heterocycles. The van der Waals surface area contributed by atoms with Crippen LogP contribution in [0.25, 0.3) is 10.2 Å². The number of nitrogens with one attached hydrogen (secondary N) is 2. The fourth-order valence-corrected chi connectivity index (χ4v) is 5.62. The van der Waals surface area contributed by atoms with E-state index in [-0.39, 0.29) is 17.5 Å². The van der Waals surface area contributed by atoms with Crippen molar-refractivity contribution in [2.75, 3.05) is 16.8 Å². The van der Waals surface area contributed by atoms with Crippen molar-refractivity contribution in [3.63, 3.8) is 0 Å². The lowest BCUT2D eigenvalue weighted by Crippen LogP contribution is -2.48. The second kappa shape index (κ2) is 5.20. The second-order valence-corrected chi connectivity index (χ2v) is 9.32. The average Bonchev–Trinajstić information content (AvgIpc) is 2.87. The maximum Gasteiger partial charge on any atom is 0.319 e. The molecule has 0 unspecified atom stereocenters. The number of aromatic nitrogens is 1. The molecule has 0 spiro atoms. The number of urea groups is 1. The van der Waals surface area contributed by atoms with Gasteiger partial charge in [0.1, 0.15) is 0 Å². The summed E-state index contributed by atoms with van der Waals surface area (Å²) in [6.45, 7) is 3.69. The number of carbonyl (C=O) groups is 1. The van der Waals surface area contributed by atoms with Crippen molar-refractivity contribution in [3.05, 3.63) is 23.2 Å². The molecule has 8 heteroatoms. The Bertz CT molecular complexity index is 844. The Morgan fingerprint density at radius 2 is 2.18 bits per heavy atom. The van der Waals surface area contributed by atoms with E-state index in [2.05, 4.69) is 15.6 Å². The van der Waals surface area contributed by atoms with E-state index in [0.717, 1.165) is 15.2 Å². The number of benzene rings is 1. The van der Waals surface area contributed by atoms with Crippen molar-refractivity contribution in [2.24, 2.45) is 0 Å². The lowest BCUT2D eigenvalue weighted by Gasteiger charge is -2.24. The Hall–Kier alpha value is -1.67. The first kappa shape index (κ1) is 15.2. The second-order valence-electron chi connectivity index (χ2n) is 5.90. The Balaban J connectivity index is 1.70. The lowest BCUT2D eigenvalue weighted by atomic mass is 10.0. The van der Waals surface area contributed by atoms with Crippen LogP contribution in [0.2, 0.25) is 0 Å². The number of sulfone groups is 1. The molecule has 118 valence electrons. The van der Waals surface area contributed by atoms with Crippen molar-refractivity contribution in [2.45, 2.75) is 25.8 Å². The third kappa shape index (κ3) is 3.22. The van der Waals surface area contributed by atoms with Gasteiger partial charge in [0.2, 0.25) is 0 Å². The van der Waals surface area contributed by atoms with Crippen LogP contribution in [0.4, 0.5) is 10.5 Å². The van der Waals surface area contributed by atoms with Crippen LogP contribution in [-0.4, -0.2) is 36.5 Å². The maximum atomic E-state index is 12.1. The minimum atomic E-state index is -3.05. The van der Waals surface area contributed by atoms with Gasteiger partial charge in [0.25, 0.3) is 0 Å². The zero-order valence-corrected chi connectivity index (χ0v) is 14.0. The number of anilines is 1. The summed E-state index contributed by atoms with van der Waals surface area (Å²) < 4.78 is 24.1. The summed E-state index contributed by atoms with van der Waals surface area (Å²) in [5.41, 5.74) is 0.870. The number of thiazole rings is 1. The minimum Gasteiger partial charge on any atom is -0.332 e. The van der Waals surface area contributed by atoms with Crippen LogP contribution in [0.1, 0.15) is 18.4 Å². The van der Waals surface area contributed by atoms with Crippen molar-refractivity contribution in [3.8, 4) is 0 Å². The molecular weight excluding hydrogens is 322 g/mol. The van der Waals surface area contributed by atoms with Gasteiger partial charge in [-0.25, -0.2) is 18.2 Å². The SMILES string of the molecule is Cc1nc2ccc(NC(=O)N[C@]3(C)CCS(=O)(=O)C3)cc2s1. The largest absolute Gasteiger partial charge is 0.332 e. The van der Waals surface area contributed by atoms with Crippen LogP contribution in [0.3, 0.4) is 0 Å². The number of rotatable bonds is 2. The minimum absolute atomic E-state index is 0.0134. The van der Waals surface area contributed by atoms with Crippen molar-refractivity contribution in [1.82, 2.24) is 10.3 Å². The van der Waals surface area contributed by atoms with Gasteiger partial charge in [-0.2, -0.15) is 0 Å². The van der Waals surface area contributed by atoms with Crippen molar-refractivity contribution >= 4 is 43.1 Å². The molecule has 3 rings (SSSR count). The highest BCUT2D eigenvalue weighted by molar-refractivity contribution is 7.91. The van der Waals surface area contributed by atoms with E-state index in [4.69, 9.17) is 0 Å². The fourth-order valence-electron chi connectivity index (χ4n) is 2.66. The zero-order valence-electron chi connectivity index (χ0n) is 12.3. The summed E-state index contributed by atoms with van der Waals surface area (Å²) in [5.74, 6) is 0.108. The summed E-state index contributed by atoms with van der Waals surface area (Å²) in [6.07, 6.45) is 0.440. The number of hydrogen-bond donors (Lipinski definition) is 2. The van der Waals surface area contributed by atoms with Gasteiger partial charge in [-0.05, 0) is 38.5 Å². The van der Waals surface area contributed by atoms with E-state index in [1.807, 2.05) is 19.1 Å². The molecule has 1 saturated heterocycles.